The van der Waals surface area contributed by atoms with Crippen LogP contribution in [-0.4, -0.2) is 6.04 Å². The Morgan fingerprint density at radius 1 is 1.05 bits per heavy atom. The summed E-state index contributed by atoms with van der Waals surface area (Å²) in [5.74, 6) is 0.890. The van der Waals surface area contributed by atoms with E-state index in [0.717, 1.165) is 21.3 Å². The Kier molecular flexibility index (Phi) is 4.84. The molecule has 0 saturated carbocycles. The maximum Gasteiger partial charge on any atom is 0.138 e. The third-order valence-electron chi connectivity index (χ3n) is 3.26. The highest BCUT2D eigenvalue weighted by Gasteiger charge is 2.19. The van der Waals surface area contributed by atoms with Crippen LogP contribution in [0.3, 0.4) is 0 Å². The van der Waals surface area contributed by atoms with Crippen molar-refractivity contribution >= 4 is 15.9 Å². The van der Waals surface area contributed by atoms with E-state index >= 15 is 0 Å². The van der Waals surface area contributed by atoms with Crippen LogP contribution in [0.1, 0.15) is 29.7 Å². The van der Waals surface area contributed by atoms with Gasteiger partial charge in [-0.05, 0) is 50.1 Å². The van der Waals surface area contributed by atoms with E-state index in [2.05, 4.69) is 41.9 Å². The van der Waals surface area contributed by atoms with Gasteiger partial charge in [0.2, 0.25) is 0 Å². The number of aryl methyl sites for hydroxylation is 2. The fourth-order valence-corrected chi connectivity index (χ4v) is 2.46. The molecule has 0 saturated heterocycles. The van der Waals surface area contributed by atoms with E-state index in [9.17, 15) is 0 Å². The molecule has 2 atom stereocenters. The third kappa shape index (κ3) is 3.62. The first-order valence-corrected chi connectivity index (χ1v) is 7.51. The zero-order chi connectivity index (χ0) is 14.7. The summed E-state index contributed by atoms with van der Waals surface area (Å²) in [7, 11) is 0. The molecular weight excluding hydrogens is 314 g/mol. The molecular formula is C17H20BrNO. The number of nitrogens with two attached hydrogens (primary N) is 1. The smallest absolute Gasteiger partial charge is 0.138 e. The fraction of sp³-hybridized carbons (Fsp3) is 0.294. The van der Waals surface area contributed by atoms with E-state index in [0.29, 0.717) is 0 Å². The number of benzene rings is 2. The Labute approximate surface area is 129 Å². The first-order chi connectivity index (χ1) is 9.47. The molecule has 2 aromatic rings. The lowest BCUT2D eigenvalue weighted by atomic mass is 10.0. The van der Waals surface area contributed by atoms with Crippen molar-refractivity contribution in [3.8, 4) is 5.75 Å². The first-order valence-electron chi connectivity index (χ1n) is 6.72. The number of hydrogen-bond acceptors (Lipinski definition) is 2. The molecule has 0 aromatic heterocycles. The van der Waals surface area contributed by atoms with Gasteiger partial charge in [-0.25, -0.2) is 0 Å². The van der Waals surface area contributed by atoms with Crippen LogP contribution in [0.2, 0.25) is 0 Å². The Bertz CT molecular complexity index is 578. The first kappa shape index (κ1) is 15.1. The molecule has 106 valence electrons. The summed E-state index contributed by atoms with van der Waals surface area (Å²) in [5.41, 5.74) is 9.55. The van der Waals surface area contributed by atoms with Gasteiger partial charge in [0.05, 0.1) is 0 Å². The number of ether oxygens (including phenoxy) is 1. The second-order valence-corrected chi connectivity index (χ2v) is 6.13. The zero-order valence-electron chi connectivity index (χ0n) is 12.1. The summed E-state index contributed by atoms with van der Waals surface area (Å²) in [4.78, 5) is 0. The Morgan fingerprint density at radius 3 is 2.25 bits per heavy atom. The summed E-state index contributed by atoms with van der Waals surface area (Å²) in [6.07, 6.45) is -0.149. The lowest BCUT2D eigenvalue weighted by Gasteiger charge is -2.24. The SMILES string of the molecule is Cc1ccc(OC(c2ccc(Br)cc2)C(C)N)c(C)c1. The van der Waals surface area contributed by atoms with Gasteiger partial charge in [0.15, 0.2) is 0 Å². The van der Waals surface area contributed by atoms with Crippen LogP contribution < -0.4 is 10.5 Å². The van der Waals surface area contributed by atoms with Gasteiger partial charge in [0.25, 0.3) is 0 Å². The summed E-state index contributed by atoms with van der Waals surface area (Å²) in [6, 6.07) is 14.2. The maximum atomic E-state index is 6.15. The van der Waals surface area contributed by atoms with E-state index in [1.54, 1.807) is 0 Å². The molecule has 0 heterocycles. The van der Waals surface area contributed by atoms with Crippen molar-refractivity contribution in [3.05, 3.63) is 63.6 Å². The van der Waals surface area contributed by atoms with Gasteiger partial charge in [-0.1, -0.05) is 45.8 Å². The largest absolute Gasteiger partial charge is 0.484 e. The van der Waals surface area contributed by atoms with Crippen molar-refractivity contribution in [2.24, 2.45) is 5.73 Å². The summed E-state index contributed by atoms with van der Waals surface area (Å²) >= 11 is 3.45. The average molecular weight is 334 g/mol. The highest BCUT2D eigenvalue weighted by molar-refractivity contribution is 9.10. The Balaban J connectivity index is 2.28. The van der Waals surface area contributed by atoms with Gasteiger partial charge in [0, 0.05) is 10.5 Å². The second kappa shape index (κ2) is 6.42. The molecule has 2 nitrogen and oxygen atoms in total. The predicted octanol–water partition coefficient (Wildman–Crippen LogP) is 4.53. The van der Waals surface area contributed by atoms with Crippen LogP contribution in [0.15, 0.2) is 46.9 Å². The van der Waals surface area contributed by atoms with Crippen LogP contribution in [0.5, 0.6) is 5.75 Å². The second-order valence-electron chi connectivity index (χ2n) is 5.22. The lowest BCUT2D eigenvalue weighted by Crippen LogP contribution is -2.29. The quantitative estimate of drug-likeness (QED) is 0.891. The fourth-order valence-electron chi connectivity index (χ4n) is 2.20. The van der Waals surface area contributed by atoms with Crippen LogP contribution in [0.25, 0.3) is 0 Å². The lowest BCUT2D eigenvalue weighted by molar-refractivity contribution is 0.179. The third-order valence-corrected chi connectivity index (χ3v) is 3.79. The molecule has 2 unspecified atom stereocenters. The highest BCUT2D eigenvalue weighted by atomic mass is 79.9. The molecule has 2 rings (SSSR count). The van der Waals surface area contributed by atoms with Gasteiger partial charge in [-0.2, -0.15) is 0 Å². The van der Waals surface area contributed by atoms with Gasteiger partial charge >= 0.3 is 0 Å². The predicted molar refractivity (Wildman–Crippen MR) is 87.1 cm³/mol. The maximum absolute atomic E-state index is 6.15. The number of halogens is 1. The van der Waals surface area contributed by atoms with Crippen molar-refractivity contribution < 1.29 is 4.74 Å². The van der Waals surface area contributed by atoms with Gasteiger partial charge in [0.1, 0.15) is 11.9 Å². The zero-order valence-corrected chi connectivity index (χ0v) is 13.6. The van der Waals surface area contributed by atoms with Gasteiger partial charge in [-0.15, -0.1) is 0 Å². The van der Waals surface area contributed by atoms with Gasteiger partial charge in [-0.3, -0.25) is 0 Å². The summed E-state index contributed by atoms with van der Waals surface area (Å²) in [6.45, 7) is 6.10. The summed E-state index contributed by atoms with van der Waals surface area (Å²) in [5, 5.41) is 0. The van der Waals surface area contributed by atoms with Crippen molar-refractivity contribution in [2.45, 2.75) is 32.9 Å². The number of rotatable bonds is 4. The van der Waals surface area contributed by atoms with Crippen molar-refractivity contribution in [1.29, 1.82) is 0 Å². The van der Waals surface area contributed by atoms with E-state index < -0.39 is 0 Å². The van der Waals surface area contributed by atoms with Crippen LogP contribution in [0.4, 0.5) is 0 Å². The minimum Gasteiger partial charge on any atom is -0.484 e. The van der Waals surface area contributed by atoms with Crippen molar-refractivity contribution in [3.63, 3.8) is 0 Å². The topological polar surface area (TPSA) is 35.2 Å². The van der Waals surface area contributed by atoms with Crippen LogP contribution in [-0.2, 0) is 0 Å². The summed E-state index contributed by atoms with van der Waals surface area (Å²) < 4.78 is 7.20. The minimum absolute atomic E-state index is 0.0862. The Hall–Kier alpha value is -1.32. The van der Waals surface area contributed by atoms with Gasteiger partial charge < -0.3 is 10.5 Å². The molecule has 3 heteroatoms. The molecule has 2 aromatic carbocycles. The molecule has 0 aliphatic carbocycles. The molecule has 0 radical (unpaired) electrons. The van der Waals surface area contributed by atoms with E-state index in [1.807, 2.05) is 37.3 Å². The molecule has 0 spiro atoms. The normalized spacial score (nSPS) is 13.8. The highest BCUT2D eigenvalue weighted by Crippen LogP contribution is 2.28. The molecule has 20 heavy (non-hydrogen) atoms. The van der Waals surface area contributed by atoms with Crippen LogP contribution >= 0.6 is 15.9 Å². The van der Waals surface area contributed by atoms with Crippen molar-refractivity contribution in [2.75, 3.05) is 0 Å². The van der Waals surface area contributed by atoms with E-state index in [1.165, 1.54) is 5.56 Å². The molecule has 0 bridgehead atoms. The van der Waals surface area contributed by atoms with Crippen LogP contribution in [0, 0.1) is 13.8 Å². The van der Waals surface area contributed by atoms with E-state index in [4.69, 9.17) is 10.5 Å². The average Bonchev–Trinajstić information content (AvgIpc) is 2.39. The molecule has 0 aliphatic rings. The Morgan fingerprint density at radius 2 is 1.70 bits per heavy atom. The standard InChI is InChI=1S/C17H20BrNO/c1-11-4-9-16(12(2)10-11)20-17(13(3)19)14-5-7-15(18)8-6-14/h4-10,13,17H,19H2,1-3H3. The molecule has 0 amide bonds. The molecule has 0 aliphatic heterocycles. The van der Waals surface area contributed by atoms with E-state index in [-0.39, 0.29) is 12.1 Å². The molecule has 0 fully saturated rings. The number of hydrogen-bond donors (Lipinski definition) is 1. The van der Waals surface area contributed by atoms with Crippen molar-refractivity contribution in [1.82, 2.24) is 0 Å². The monoisotopic (exact) mass is 333 g/mol. The molecule has 2 N–H and O–H groups in total. The minimum atomic E-state index is -0.149.